The first-order chi connectivity index (χ1) is 20.6. The minimum Gasteiger partial charge on any atom is -0.507 e. The number of hydrogen-bond acceptors (Lipinski definition) is 17. The lowest BCUT2D eigenvalue weighted by Gasteiger charge is -2.48. The van der Waals surface area contributed by atoms with E-state index in [0.29, 0.717) is 0 Å². The summed E-state index contributed by atoms with van der Waals surface area (Å²) < 4.78 is 10.6. The molecule has 44 heavy (non-hydrogen) atoms. The summed E-state index contributed by atoms with van der Waals surface area (Å²) in [6.45, 7) is -2.04. The number of phenols is 2. The van der Waals surface area contributed by atoms with Crippen molar-refractivity contribution in [1.82, 2.24) is 0 Å². The van der Waals surface area contributed by atoms with Gasteiger partial charge in [-0.25, -0.2) is 0 Å². The average molecular weight is 629 g/mol. The van der Waals surface area contributed by atoms with Crippen LogP contribution in [0.2, 0.25) is 0 Å². The minimum atomic E-state index is -3.68. The van der Waals surface area contributed by atoms with E-state index < -0.39 is 126 Å². The van der Waals surface area contributed by atoms with E-state index in [9.17, 15) is 76.0 Å². The maximum absolute atomic E-state index is 13.9. The Morgan fingerprint density at radius 2 is 1.34 bits per heavy atom. The molecule has 2 heterocycles. The van der Waals surface area contributed by atoms with Gasteiger partial charge in [0, 0.05) is 0 Å². The second-order valence-electron chi connectivity index (χ2n) is 10.5. The van der Waals surface area contributed by atoms with Gasteiger partial charge in [0.15, 0.2) is 11.5 Å². The molecule has 1 aliphatic carbocycles. The standard InChI is InChI=1S/C27H32O17/c28-6-12-16(33)19(36)21(38)23(43-12)15-18(35)14(10(31)4-2-8-1-3-9(30)11(32)5-8)24(40)27(42,25(15)41)26-22(39)20(37)17(34)13(7-29)44-26/h1-5,12-13,16-17,19-23,26,28-39,42H,6-7H2/b4-2+,14-10?/t12-,13-,16-,17-,19+,20+,21-,22-,23+,26-,27+/m1/s1. The number of allylic oxidation sites excluding steroid dienone is 2. The van der Waals surface area contributed by atoms with Crippen LogP contribution in [0, 0.1) is 0 Å². The molecule has 0 amide bonds. The monoisotopic (exact) mass is 628 g/mol. The zero-order valence-electron chi connectivity index (χ0n) is 22.5. The third kappa shape index (κ3) is 5.37. The van der Waals surface area contributed by atoms with Gasteiger partial charge in [0.2, 0.25) is 17.2 Å². The largest absolute Gasteiger partial charge is 0.507 e. The summed E-state index contributed by atoms with van der Waals surface area (Å²) in [5, 5.41) is 135. The van der Waals surface area contributed by atoms with Crippen molar-refractivity contribution in [2.45, 2.75) is 66.6 Å². The number of aromatic hydroxyl groups is 2. The van der Waals surface area contributed by atoms with Gasteiger partial charge in [-0.2, -0.15) is 0 Å². The number of benzene rings is 1. The quantitative estimate of drug-likeness (QED) is 0.0609. The van der Waals surface area contributed by atoms with E-state index in [2.05, 4.69) is 0 Å². The molecule has 0 unspecified atom stereocenters. The van der Waals surface area contributed by atoms with E-state index in [1.54, 1.807) is 0 Å². The summed E-state index contributed by atoms with van der Waals surface area (Å²) in [7, 11) is 0. The van der Waals surface area contributed by atoms with E-state index in [1.807, 2.05) is 0 Å². The van der Waals surface area contributed by atoms with Gasteiger partial charge in [0.1, 0.15) is 78.1 Å². The van der Waals surface area contributed by atoms with Crippen molar-refractivity contribution in [2.75, 3.05) is 13.2 Å². The second-order valence-corrected chi connectivity index (χ2v) is 10.5. The van der Waals surface area contributed by atoms with E-state index in [4.69, 9.17) is 9.47 Å². The lowest BCUT2D eigenvalue weighted by atomic mass is 9.69. The topological polar surface area (TPSA) is 316 Å². The van der Waals surface area contributed by atoms with Gasteiger partial charge in [-0.1, -0.05) is 12.1 Å². The van der Waals surface area contributed by atoms with E-state index >= 15 is 0 Å². The summed E-state index contributed by atoms with van der Waals surface area (Å²) in [4.78, 5) is 27.7. The Hall–Kier alpha value is -3.46. The highest BCUT2D eigenvalue weighted by molar-refractivity contribution is 6.28. The highest BCUT2D eigenvalue weighted by atomic mass is 16.6. The molecule has 242 valence electrons. The van der Waals surface area contributed by atoms with Crippen molar-refractivity contribution < 1.29 is 85.4 Å². The molecule has 0 bridgehead atoms. The fourth-order valence-electron chi connectivity index (χ4n) is 5.30. The number of carbonyl (C=O) groups excluding carboxylic acids is 2. The Kier molecular flexibility index (Phi) is 9.50. The molecule has 3 aliphatic rings. The molecule has 2 fully saturated rings. The van der Waals surface area contributed by atoms with Crippen LogP contribution in [-0.4, -0.2) is 158 Å². The third-order valence-corrected chi connectivity index (χ3v) is 7.83. The molecule has 0 radical (unpaired) electrons. The molecular formula is C27H32O17. The van der Waals surface area contributed by atoms with Gasteiger partial charge in [-0.15, -0.1) is 0 Å². The van der Waals surface area contributed by atoms with Crippen LogP contribution in [0.5, 0.6) is 11.5 Å². The fraction of sp³-hybridized carbons (Fsp3) is 0.481. The van der Waals surface area contributed by atoms with Gasteiger partial charge >= 0.3 is 0 Å². The second kappa shape index (κ2) is 12.5. The highest BCUT2D eigenvalue weighted by Crippen LogP contribution is 2.42. The zero-order valence-corrected chi connectivity index (χ0v) is 22.5. The molecule has 17 nitrogen and oxygen atoms in total. The molecule has 4 rings (SSSR count). The number of Topliss-reactive ketones (excluding diaryl/α,β-unsaturated/α-hetero) is 2. The van der Waals surface area contributed by atoms with Gasteiger partial charge in [-0.3, -0.25) is 9.59 Å². The Bertz CT molecular complexity index is 1380. The van der Waals surface area contributed by atoms with Crippen molar-refractivity contribution >= 4 is 17.6 Å². The van der Waals surface area contributed by atoms with Crippen molar-refractivity contribution in [3.8, 4) is 11.5 Å². The van der Waals surface area contributed by atoms with Crippen LogP contribution in [0.4, 0.5) is 0 Å². The molecule has 0 spiro atoms. The van der Waals surface area contributed by atoms with Crippen molar-refractivity contribution in [3.63, 3.8) is 0 Å². The smallest absolute Gasteiger partial charge is 0.219 e. The number of ether oxygens (including phenoxy) is 2. The SMILES string of the molecule is O=C1C(=C(O)/C=C/c2ccc(O)c(O)c2)C(O)=C([C@@H]2O[C@H](CO)[C@@H](O)[C@H](O)[C@H]2O)C(=O)[C@]1(O)[C@@H]1O[C@H](CO)[C@@H](O)[C@H](O)[C@H]1O. The number of aliphatic hydroxyl groups excluding tert-OH is 10. The maximum atomic E-state index is 13.9. The zero-order chi connectivity index (χ0) is 32.8. The maximum Gasteiger partial charge on any atom is 0.219 e. The van der Waals surface area contributed by atoms with Crippen molar-refractivity contribution in [2.24, 2.45) is 0 Å². The van der Waals surface area contributed by atoms with Crippen LogP contribution in [0.1, 0.15) is 5.56 Å². The molecule has 2 saturated heterocycles. The molecule has 0 saturated carbocycles. The average Bonchev–Trinajstić information content (AvgIpc) is 2.99. The lowest BCUT2D eigenvalue weighted by molar-refractivity contribution is -0.261. The van der Waals surface area contributed by atoms with Gasteiger partial charge < -0.3 is 75.9 Å². The third-order valence-electron chi connectivity index (χ3n) is 7.83. The van der Waals surface area contributed by atoms with Gasteiger partial charge in [-0.05, 0) is 23.8 Å². The molecule has 2 aliphatic heterocycles. The van der Waals surface area contributed by atoms with Crippen molar-refractivity contribution in [3.05, 3.63) is 52.5 Å². The Labute approximate surface area is 247 Å². The summed E-state index contributed by atoms with van der Waals surface area (Å²) in [5.41, 5.74) is -6.00. The van der Waals surface area contributed by atoms with E-state index in [1.165, 1.54) is 6.07 Å². The predicted molar refractivity (Wildman–Crippen MR) is 141 cm³/mol. The van der Waals surface area contributed by atoms with E-state index in [-0.39, 0.29) is 5.56 Å². The van der Waals surface area contributed by atoms with Crippen molar-refractivity contribution in [1.29, 1.82) is 0 Å². The fourth-order valence-corrected chi connectivity index (χ4v) is 5.30. The molecule has 13 N–H and O–H groups in total. The lowest BCUT2D eigenvalue weighted by Crippen LogP contribution is -2.72. The van der Waals surface area contributed by atoms with Crippen LogP contribution in [-0.2, 0) is 19.1 Å². The van der Waals surface area contributed by atoms with Crippen LogP contribution < -0.4 is 0 Å². The molecule has 1 aromatic rings. The molecular weight excluding hydrogens is 596 g/mol. The Morgan fingerprint density at radius 1 is 0.773 bits per heavy atom. The number of aliphatic hydroxyl groups is 11. The van der Waals surface area contributed by atoms with Crippen LogP contribution in [0.3, 0.4) is 0 Å². The van der Waals surface area contributed by atoms with Crippen LogP contribution in [0.25, 0.3) is 6.08 Å². The first kappa shape index (κ1) is 33.4. The minimum absolute atomic E-state index is 0.119. The molecule has 1 aromatic carbocycles. The molecule has 11 atom stereocenters. The summed E-state index contributed by atoms with van der Waals surface area (Å²) in [6, 6.07) is 3.38. The number of hydrogen-bond donors (Lipinski definition) is 13. The number of rotatable bonds is 6. The first-order valence-corrected chi connectivity index (χ1v) is 13.1. The van der Waals surface area contributed by atoms with E-state index in [0.717, 1.165) is 24.3 Å². The summed E-state index contributed by atoms with van der Waals surface area (Å²) >= 11 is 0. The highest BCUT2D eigenvalue weighted by Gasteiger charge is 2.65. The normalized spacial score (nSPS) is 39.7. The first-order valence-electron chi connectivity index (χ1n) is 13.1. The molecule has 0 aromatic heterocycles. The Morgan fingerprint density at radius 3 is 1.91 bits per heavy atom. The number of ketones is 2. The van der Waals surface area contributed by atoms with Crippen LogP contribution >= 0.6 is 0 Å². The molecule has 17 heteroatoms. The van der Waals surface area contributed by atoms with Gasteiger partial charge in [0.25, 0.3) is 0 Å². The van der Waals surface area contributed by atoms with Gasteiger partial charge in [0.05, 0.1) is 18.8 Å². The van der Waals surface area contributed by atoms with Crippen LogP contribution in [0.15, 0.2) is 46.9 Å². The Balaban J connectivity index is 1.93. The summed E-state index contributed by atoms with van der Waals surface area (Å²) in [6.07, 6.45) is -19.3. The summed E-state index contributed by atoms with van der Waals surface area (Å²) in [5.74, 6) is -7.29. The number of carbonyl (C=O) groups is 2. The predicted octanol–water partition coefficient (Wildman–Crippen LogP) is -4.70. The number of phenolic OH excluding ortho intramolecular Hbond substituents is 2.